The fraction of sp³-hybridized carbons (Fsp3) is 1.00. The molecule has 4 nitrogen and oxygen atoms in total. The van der Waals surface area contributed by atoms with Crippen LogP contribution in [0, 0.1) is 0 Å². The number of rotatable bonds is 0. The van der Waals surface area contributed by atoms with Gasteiger partial charge in [0.15, 0.2) is 0 Å². The lowest BCUT2D eigenvalue weighted by Gasteiger charge is -2.09. The number of fused-ring (bicyclic) bond motifs is 1. The minimum Gasteiger partial charge on any atom is -0.388 e. The Morgan fingerprint density at radius 1 is 0.909 bits per heavy atom. The summed E-state index contributed by atoms with van der Waals surface area (Å²) in [6.07, 6.45) is -1.70. The number of ether oxygens (including phenoxy) is 2. The largest absolute Gasteiger partial charge is 0.388 e. The van der Waals surface area contributed by atoms with Crippen molar-refractivity contribution >= 4 is 0 Å². The second-order valence-corrected chi connectivity index (χ2v) is 2.73. The molecule has 0 aromatic carbocycles. The molecular weight excluding hydrogens is 148 g/mol. The average molecular weight is 162 g/mol. The summed E-state index contributed by atoms with van der Waals surface area (Å²) >= 11 is 0. The van der Waals surface area contributed by atoms with Crippen LogP contribution in [0.3, 0.4) is 0 Å². The lowest BCUT2D eigenvalue weighted by Crippen LogP contribution is -2.30. The Bertz CT molecular complexity index is 122. The van der Waals surface area contributed by atoms with Crippen molar-refractivity contribution in [1.82, 2.24) is 0 Å². The van der Waals surface area contributed by atoms with Crippen LogP contribution in [0.25, 0.3) is 0 Å². The van der Waals surface area contributed by atoms with Crippen molar-refractivity contribution in [3.8, 4) is 0 Å². The molecule has 0 bridgehead atoms. The zero-order chi connectivity index (χ0) is 7.14. The molecule has 0 aromatic rings. The minimum absolute atomic E-state index is 0. The second kappa shape index (κ2) is 3.06. The maximum Gasteiger partial charge on any atom is 0.114 e. The number of hydrogen-bond donors (Lipinski definition) is 2. The van der Waals surface area contributed by atoms with Gasteiger partial charge in [0.2, 0.25) is 0 Å². The molecule has 0 unspecified atom stereocenters. The van der Waals surface area contributed by atoms with Crippen LogP contribution in [0.1, 0.15) is 7.43 Å². The molecule has 2 aliphatic rings. The molecule has 2 N–H and O–H groups in total. The molecule has 2 fully saturated rings. The first-order valence-electron chi connectivity index (χ1n) is 3.38. The van der Waals surface area contributed by atoms with Crippen molar-refractivity contribution in [2.45, 2.75) is 31.8 Å². The monoisotopic (exact) mass is 162 g/mol. The molecule has 2 heterocycles. The van der Waals surface area contributed by atoms with Gasteiger partial charge in [0, 0.05) is 0 Å². The first kappa shape index (κ1) is 8.93. The van der Waals surface area contributed by atoms with Crippen molar-refractivity contribution in [3.63, 3.8) is 0 Å². The average Bonchev–Trinajstić information content (AvgIpc) is 2.41. The third kappa shape index (κ3) is 1.27. The maximum absolute atomic E-state index is 9.16. The Morgan fingerprint density at radius 2 is 1.27 bits per heavy atom. The van der Waals surface area contributed by atoms with Gasteiger partial charge >= 0.3 is 0 Å². The van der Waals surface area contributed by atoms with Gasteiger partial charge in [0.05, 0.1) is 13.2 Å². The minimum atomic E-state index is -0.554. The Hall–Kier alpha value is -0.160. The van der Waals surface area contributed by atoms with Gasteiger partial charge in [-0.1, -0.05) is 7.43 Å². The molecule has 4 atom stereocenters. The molecule has 4 heteroatoms. The summed E-state index contributed by atoms with van der Waals surface area (Å²) in [5.41, 5.74) is 0. The molecular formula is C7H14O4. The van der Waals surface area contributed by atoms with E-state index in [9.17, 15) is 0 Å². The van der Waals surface area contributed by atoms with Crippen LogP contribution in [-0.2, 0) is 9.47 Å². The maximum atomic E-state index is 9.16. The van der Waals surface area contributed by atoms with E-state index in [1.165, 1.54) is 0 Å². The van der Waals surface area contributed by atoms with E-state index in [1.54, 1.807) is 0 Å². The lowest BCUT2D eigenvalue weighted by atomic mass is 10.1. The Labute approximate surface area is 65.7 Å². The van der Waals surface area contributed by atoms with Crippen LogP contribution in [0.4, 0.5) is 0 Å². The summed E-state index contributed by atoms with van der Waals surface area (Å²) in [7, 11) is 0. The van der Waals surface area contributed by atoms with Gasteiger partial charge in [-0.15, -0.1) is 0 Å². The Morgan fingerprint density at radius 3 is 1.64 bits per heavy atom. The van der Waals surface area contributed by atoms with E-state index in [0.29, 0.717) is 0 Å². The van der Waals surface area contributed by atoms with Crippen molar-refractivity contribution in [2.75, 3.05) is 13.2 Å². The molecule has 0 aromatic heterocycles. The van der Waals surface area contributed by atoms with Crippen molar-refractivity contribution in [2.24, 2.45) is 0 Å². The quantitative estimate of drug-likeness (QED) is 0.486. The van der Waals surface area contributed by atoms with Gasteiger partial charge in [0.25, 0.3) is 0 Å². The topological polar surface area (TPSA) is 58.9 Å². The van der Waals surface area contributed by atoms with Crippen molar-refractivity contribution in [3.05, 3.63) is 0 Å². The fourth-order valence-electron chi connectivity index (χ4n) is 1.46. The highest BCUT2D eigenvalue weighted by Crippen LogP contribution is 2.26. The summed E-state index contributed by atoms with van der Waals surface area (Å²) in [6.45, 7) is 0.568. The highest BCUT2D eigenvalue weighted by atomic mass is 16.6. The zero-order valence-electron chi connectivity index (χ0n) is 5.43. The van der Waals surface area contributed by atoms with Crippen LogP contribution in [0.15, 0.2) is 0 Å². The van der Waals surface area contributed by atoms with E-state index in [1.807, 2.05) is 0 Å². The summed E-state index contributed by atoms with van der Waals surface area (Å²) in [5, 5.41) is 18.3. The van der Waals surface area contributed by atoms with Crippen LogP contribution in [0.2, 0.25) is 0 Å². The third-order valence-corrected chi connectivity index (χ3v) is 2.00. The van der Waals surface area contributed by atoms with Gasteiger partial charge in [-0.3, -0.25) is 0 Å². The molecule has 2 saturated heterocycles. The van der Waals surface area contributed by atoms with Gasteiger partial charge in [-0.25, -0.2) is 0 Å². The normalized spacial score (nSPS) is 48.5. The van der Waals surface area contributed by atoms with Crippen LogP contribution < -0.4 is 0 Å². The van der Waals surface area contributed by atoms with E-state index in [2.05, 4.69) is 0 Å². The lowest BCUT2D eigenvalue weighted by molar-refractivity contribution is 0.00205. The standard InChI is InChI=1S/C6H10O4.CH4/c7-3-1-9-6-4(8)2-10-5(3)6;/h3-8H,1-2H2;1H4/t3-,4-,5-,6-;/m1./s1. The van der Waals surface area contributed by atoms with E-state index in [4.69, 9.17) is 19.7 Å². The highest BCUT2D eigenvalue weighted by molar-refractivity contribution is 4.93. The van der Waals surface area contributed by atoms with Gasteiger partial charge in [0.1, 0.15) is 24.4 Å². The molecule has 66 valence electrons. The molecule has 0 saturated carbocycles. The highest BCUT2D eigenvalue weighted by Gasteiger charge is 2.46. The predicted octanol–water partition coefficient (Wildman–Crippen LogP) is -0.858. The second-order valence-electron chi connectivity index (χ2n) is 2.73. The van der Waals surface area contributed by atoms with Gasteiger partial charge in [-0.2, -0.15) is 0 Å². The van der Waals surface area contributed by atoms with Crippen LogP contribution >= 0.6 is 0 Å². The van der Waals surface area contributed by atoms with Crippen LogP contribution in [-0.4, -0.2) is 47.8 Å². The number of aliphatic hydroxyl groups is 2. The molecule has 2 rings (SSSR count). The van der Waals surface area contributed by atoms with Crippen LogP contribution in [0.5, 0.6) is 0 Å². The van der Waals surface area contributed by atoms with Crippen molar-refractivity contribution in [1.29, 1.82) is 0 Å². The molecule has 0 aliphatic carbocycles. The molecule has 11 heavy (non-hydrogen) atoms. The van der Waals surface area contributed by atoms with Gasteiger partial charge < -0.3 is 19.7 Å². The van der Waals surface area contributed by atoms with Crippen molar-refractivity contribution < 1.29 is 19.7 Å². The van der Waals surface area contributed by atoms with E-state index in [0.717, 1.165) is 0 Å². The molecule has 0 radical (unpaired) electrons. The summed E-state index contributed by atoms with van der Waals surface area (Å²) in [5.74, 6) is 0. The first-order chi connectivity index (χ1) is 4.79. The summed E-state index contributed by atoms with van der Waals surface area (Å²) in [4.78, 5) is 0. The van der Waals surface area contributed by atoms with E-state index < -0.39 is 12.2 Å². The van der Waals surface area contributed by atoms with Gasteiger partial charge in [-0.05, 0) is 0 Å². The molecule has 2 aliphatic heterocycles. The summed E-state index contributed by atoms with van der Waals surface area (Å²) in [6, 6.07) is 0. The predicted molar refractivity (Wildman–Crippen MR) is 38.2 cm³/mol. The molecule has 0 spiro atoms. The molecule has 0 amide bonds. The van der Waals surface area contributed by atoms with E-state index >= 15 is 0 Å². The fourth-order valence-corrected chi connectivity index (χ4v) is 1.46. The smallest absolute Gasteiger partial charge is 0.114 e. The Balaban J connectivity index is 0.000000605. The number of hydrogen-bond acceptors (Lipinski definition) is 4. The SMILES string of the molecule is C.O[C@@H]1CO[C@H]2[C@@H]1OC[C@H]2O. The summed E-state index contributed by atoms with van der Waals surface area (Å²) < 4.78 is 10.2. The zero-order valence-corrected chi connectivity index (χ0v) is 5.43. The number of aliphatic hydroxyl groups excluding tert-OH is 2. The first-order valence-corrected chi connectivity index (χ1v) is 3.38. The third-order valence-electron chi connectivity index (χ3n) is 2.00. The Kier molecular flexibility index (Phi) is 2.49. The van der Waals surface area contributed by atoms with E-state index in [-0.39, 0.29) is 32.8 Å².